The first-order chi connectivity index (χ1) is 12.9. The molecule has 1 N–H and O–H groups in total. The number of para-hydroxylation sites is 1. The van der Waals surface area contributed by atoms with Gasteiger partial charge in [0.2, 0.25) is 0 Å². The van der Waals surface area contributed by atoms with E-state index in [1.807, 2.05) is 25.1 Å². The van der Waals surface area contributed by atoms with Gasteiger partial charge >= 0.3 is 5.97 Å². The number of hydrogen-bond acceptors (Lipinski definition) is 4. The number of ether oxygens (including phenoxy) is 1. The summed E-state index contributed by atoms with van der Waals surface area (Å²) in [5, 5.41) is 9.82. The van der Waals surface area contributed by atoms with E-state index in [1.54, 1.807) is 18.2 Å². The number of aryl methyl sites for hydroxylation is 1. The molecular weight excluding hydrogens is 368 g/mol. The van der Waals surface area contributed by atoms with Crippen molar-refractivity contribution in [3.63, 3.8) is 0 Å². The Morgan fingerprint density at radius 2 is 2.00 bits per heavy atom. The topological polar surface area (TPSA) is 76.7 Å². The number of aliphatic carboxylic acids is 1. The van der Waals surface area contributed by atoms with Crippen molar-refractivity contribution < 1.29 is 19.1 Å². The highest BCUT2D eigenvalue weighted by Gasteiger charge is 2.36. The Morgan fingerprint density at radius 3 is 2.74 bits per heavy atom. The number of rotatable bonds is 4. The van der Waals surface area contributed by atoms with Crippen molar-refractivity contribution in [3.8, 4) is 17.1 Å². The summed E-state index contributed by atoms with van der Waals surface area (Å²) >= 11 is 6.20. The molecule has 27 heavy (non-hydrogen) atoms. The minimum Gasteiger partial charge on any atom is -0.490 e. The van der Waals surface area contributed by atoms with Crippen LogP contribution in [0.4, 0.5) is 0 Å². The van der Waals surface area contributed by atoms with Crippen molar-refractivity contribution in [2.45, 2.75) is 25.9 Å². The van der Waals surface area contributed by atoms with Crippen molar-refractivity contribution >= 4 is 28.5 Å². The molecule has 0 amide bonds. The first-order valence-corrected chi connectivity index (χ1v) is 9.03. The van der Waals surface area contributed by atoms with Gasteiger partial charge in [0, 0.05) is 6.07 Å². The van der Waals surface area contributed by atoms with Crippen molar-refractivity contribution in [2.24, 2.45) is 5.92 Å². The van der Waals surface area contributed by atoms with Crippen LogP contribution in [-0.2, 0) is 4.79 Å². The van der Waals surface area contributed by atoms with Gasteiger partial charge in [0.05, 0.1) is 21.9 Å². The molecule has 6 heteroatoms. The maximum atomic E-state index is 12.5. The molecule has 0 spiro atoms. The van der Waals surface area contributed by atoms with Gasteiger partial charge in [-0.2, -0.15) is 0 Å². The number of halogens is 1. The predicted molar refractivity (Wildman–Crippen MR) is 102 cm³/mol. The SMILES string of the molecule is Cc1ccc(-c2cc(=O)c3cccc(Cl)c3o2)c(O[C@H]2C[C@@H](C(=O)O)C2)c1. The second-order valence-electron chi connectivity index (χ2n) is 6.84. The summed E-state index contributed by atoms with van der Waals surface area (Å²) in [4.78, 5) is 23.5. The lowest BCUT2D eigenvalue weighted by atomic mass is 9.82. The third-order valence-corrected chi connectivity index (χ3v) is 5.14. The maximum Gasteiger partial charge on any atom is 0.306 e. The second kappa shape index (κ2) is 6.74. The highest BCUT2D eigenvalue weighted by atomic mass is 35.5. The lowest BCUT2D eigenvalue weighted by molar-refractivity contribution is -0.147. The molecule has 0 bridgehead atoms. The zero-order chi connectivity index (χ0) is 19.1. The summed E-state index contributed by atoms with van der Waals surface area (Å²) in [7, 11) is 0. The van der Waals surface area contributed by atoms with Gasteiger partial charge < -0.3 is 14.3 Å². The third-order valence-electron chi connectivity index (χ3n) is 4.85. The normalized spacial score (nSPS) is 18.9. The molecule has 3 aromatic rings. The van der Waals surface area contributed by atoms with Crippen LogP contribution in [0.5, 0.6) is 5.75 Å². The van der Waals surface area contributed by atoms with Gasteiger partial charge in [-0.3, -0.25) is 9.59 Å². The molecule has 4 rings (SSSR count). The number of carboxylic acid groups (broad SMARTS) is 1. The largest absolute Gasteiger partial charge is 0.490 e. The average Bonchev–Trinajstić information content (AvgIpc) is 2.58. The maximum absolute atomic E-state index is 12.5. The molecule has 0 radical (unpaired) electrons. The highest BCUT2D eigenvalue weighted by molar-refractivity contribution is 6.34. The average molecular weight is 385 g/mol. The summed E-state index contributed by atoms with van der Waals surface area (Å²) in [6.45, 7) is 1.94. The Kier molecular flexibility index (Phi) is 4.40. The van der Waals surface area contributed by atoms with Gasteiger partial charge in [-0.1, -0.05) is 23.7 Å². The molecule has 0 saturated heterocycles. The summed E-state index contributed by atoms with van der Waals surface area (Å²) < 4.78 is 11.9. The van der Waals surface area contributed by atoms with Crippen LogP contribution >= 0.6 is 11.6 Å². The molecule has 0 unspecified atom stereocenters. The van der Waals surface area contributed by atoms with Crippen LogP contribution in [0, 0.1) is 12.8 Å². The molecule has 0 aliphatic heterocycles. The van der Waals surface area contributed by atoms with Gasteiger partial charge in [0.25, 0.3) is 0 Å². The second-order valence-corrected chi connectivity index (χ2v) is 7.24. The van der Waals surface area contributed by atoms with Gasteiger partial charge in [-0.25, -0.2) is 0 Å². The van der Waals surface area contributed by atoms with Crippen LogP contribution in [0.2, 0.25) is 5.02 Å². The van der Waals surface area contributed by atoms with Crippen molar-refractivity contribution in [3.05, 3.63) is 63.3 Å². The fraction of sp³-hybridized carbons (Fsp3) is 0.238. The van der Waals surface area contributed by atoms with Crippen molar-refractivity contribution in [1.29, 1.82) is 0 Å². The zero-order valence-electron chi connectivity index (χ0n) is 14.6. The molecule has 1 saturated carbocycles. The van der Waals surface area contributed by atoms with Gasteiger partial charge in [-0.15, -0.1) is 0 Å². The van der Waals surface area contributed by atoms with Crippen LogP contribution in [0.1, 0.15) is 18.4 Å². The molecule has 1 heterocycles. The van der Waals surface area contributed by atoms with E-state index in [0.29, 0.717) is 45.9 Å². The third kappa shape index (κ3) is 3.30. The molecule has 0 atom stereocenters. The highest BCUT2D eigenvalue weighted by Crippen LogP contribution is 2.37. The van der Waals surface area contributed by atoms with Crippen LogP contribution in [-0.4, -0.2) is 17.2 Å². The summed E-state index contributed by atoms with van der Waals surface area (Å²) in [5.74, 6) is -0.224. The smallest absolute Gasteiger partial charge is 0.306 e. The Bertz CT molecular complexity index is 1100. The van der Waals surface area contributed by atoms with E-state index in [-0.39, 0.29) is 17.5 Å². The fourth-order valence-electron chi connectivity index (χ4n) is 3.25. The molecule has 1 fully saturated rings. The quantitative estimate of drug-likeness (QED) is 0.707. The lowest BCUT2D eigenvalue weighted by Crippen LogP contribution is -2.38. The monoisotopic (exact) mass is 384 g/mol. The molecule has 5 nitrogen and oxygen atoms in total. The summed E-state index contributed by atoms with van der Waals surface area (Å²) in [6, 6.07) is 12.1. The Balaban J connectivity index is 1.74. The Labute approximate surface area is 160 Å². The lowest BCUT2D eigenvalue weighted by Gasteiger charge is -2.33. The summed E-state index contributed by atoms with van der Waals surface area (Å²) in [6.07, 6.45) is 0.772. The molecule has 1 aliphatic carbocycles. The zero-order valence-corrected chi connectivity index (χ0v) is 15.3. The van der Waals surface area contributed by atoms with Crippen molar-refractivity contribution in [1.82, 2.24) is 0 Å². The van der Waals surface area contributed by atoms with Crippen LogP contribution in [0.15, 0.2) is 51.7 Å². The van der Waals surface area contributed by atoms with E-state index in [9.17, 15) is 9.59 Å². The minimum atomic E-state index is -0.797. The van der Waals surface area contributed by atoms with Gasteiger partial charge in [-0.05, 0) is 49.6 Å². The number of benzene rings is 2. The standard InChI is InChI=1S/C21H17ClO5/c1-11-5-6-15(18(7-11)26-13-8-12(9-13)21(24)25)19-10-17(23)14-3-2-4-16(22)20(14)27-19/h2-7,10,12-13H,8-9H2,1H3,(H,24,25)/t12-,13+. The number of carbonyl (C=O) groups is 1. The van der Waals surface area contributed by atoms with E-state index in [2.05, 4.69) is 0 Å². The molecule has 2 aromatic carbocycles. The van der Waals surface area contributed by atoms with Crippen LogP contribution in [0.3, 0.4) is 0 Å². The predicted octanol–water partition coefficient (Wildman–Crippen LogP) is 4.66. The first-order valence-electron chi connectivity index (χ1n) is 8.65. The number of hydrogen-bond donors (Lipinski definition) is 1. The molecule has 1 aromatic heterocycles. The van der Waals surface area contributed by atoms with E-state index >= 15 is 0 Å². The van der Waals surface area contributed by atoms with Gasteiger partial charge in [0.15, 0.2) is 11.0 Å². The fourth-order valence-corrected chi connectivity index (χ4v) is 3.46. The molecule has 138 valence electrons. The number of fused-ring (bicyclic) bond motifs is 1. The molecular formula is C21H17ClO5. The van der Waals surface area contributed by atoms with E-state index in [1.165, 1.54) is 6.07 Å². The van der Waals surface area contributed by atoms with Crippen molar-refractivity contribution in [2.75, 3.05) is 0 Å². The van der Waals surface area contributed by atoms with Gasteiger partial charge in [0.1, 0.15) is 17.6 Å². The minimum absolute atomic E-state index is 0.164. The van der Waals surface area contributed by atoms with E-state index in [4.69, 9.17) is 25.9 Å². The van der Waals surface area contributed by atoms with Crippen LogP contribution < -0.4 is 10.2 Å². The molecule has 1 aliphatic rings. The first kappa shape index (κ1) is 17.6. The summed E-state index contributed by atoms with van der Waals surface area (Å²) in [5.41, 5.74) is 1.78. The van der Waals surface area contributed by atoms with E-state index < -0.39 is 5.97 Å². The van der Waals surface area contributed by atoms with Crippen LogP contribution in [0.25, 0.3) is 22.3 Å². The Morgan fingerprint density at radius 1 is 1.22 bits per heavy atom. The number of carboxylic acids is 1. The Hall–Kier alpha value is -2.79. The van der Waals surface area contributed by atoms with E-state index in [0.717, 1.165) is 5.56 Å².